The molecule has 0 bridgehead atoms. The summed E-state index contributed by atoms with van der Waals surface area (Å²) in [5.74, 6) is 0.966. The van der Waals surface area contributed by atoms with Gasteiger partial charge < -0.3 is 5.32 Å². The fourth-order valence-corrected chi connectivity index (χ4v) is 3.83. The number of aryl methyl sites for hydroxylation is 2. The normalized spacial score (nSPS) is 25.1. The monoisotopic (exact) mass is 251 g/mol. The average molecular weight is 251 g/mol. The molecule has 0 aromatic carbocycles. The van der Waals surface area contributed by atoms with Gasteiger partial charge in [0.1, 0.15) is 0 Å². The Kier molecular flexibility index (Phi) is 4.63. The standard InChI is InChI=1S/C15H25NS/c1-4-13-6-5-7-14(9-13)16-10-15-8-11(2)12(3)17-15/h8,13-14,16H,4-7,9-10H2,1-3H3. The van der Waals surface area contributed by atoms with E-state index in [1.807, 2.05) is 11.3 Å². The van der Waals surface area contributed by atoms with Gasteiger partial charge in [0.05, 0.1) is 0 Å². The molecular weight excluding hydrogens is 226 g/mol. The fraction of sp³-hybridized carbons (Fsp3) is 0.733. The number of hydrogen-bond donors (Lipinski definition) is 1. The maximum atomic E-state index is 3.75. The first-order valence-electron chi connectivity index (χ1n) is 6.98. The van der Waals surface area contributed by atoms with Gasteiger partial charge in [-0.25, -0.2) is 0 Å². The minimum atomic E-state index is 0.761. The minimum absolute atomic E-state index is 0.761. The zero-order chi connectivity index (χ0) is 12.3. The quantitative estimate of drug-likeness (QED) is 0.835. The SMILES string of the molecule is CCC1CCCC(NCc2cc(C)c(C)s2)C1. The van der Waals surface area contributed by atoms with Crippen LogP contribution in [0, 0.1) is 19.8 Å². The summed E-state index contributed by atoms with van der Waals surface area (Å²) in [6.45, 7) is 7.83. The highest BCUT2D eigenvalue weighted by molar-refractivity contribution is 7.12. The van der Waals surface area contributed by atoms with Crippen LogP contribution in [0.1, 0.15) is 54.3 Å². The maximum Gasteiger partial charge on any atom is 0.0302 e. The second-order valence-corrected chi connectivity index (χ2v) is 6.81. The summed E-state index contributed by atoms with van der Waals surface area (Å²) in [5, 5.41) is 3.75. The molecule has 1 aliphatic carbocycles. The van der Waals surface area contributed by atoms with Crippen LogP contribution in [0.2, 0.25) is 0 Å². The van der Waals surface area contributed by atoms with Crippen molar-refractivity contribution < 1.29 is 0 Å². The summed E-state index contributed by atoms with van der Waals surface area (Å²) in [5.41, 5.74) is 1.45. The van der Waals surface area contributed by atoms with Crippen molar-refractivity contribution >= 4 is 11.3 Å². The van der Waals surface area contributed by atoms with Crippen molar-refractivity contribution in [3.63, 3.8) is 0 Å². The van der Waals surface area contributed by atoms with Crippen molar-refractivity contribution in [3.8, 4) is 0 Å². The summed E-state index contributed by atoms with van der Waals surface area (Å²) >= 11 is 1.95. The maximum absolute atomic E-state index is 3.75. The molecule has 1 N–H and O–H groups in total. The van der Waals surface area contributed by atoms with Crippen LogP contribution in [-0.4, -0.2) is 6.04 Å². The molecule has 1 aromatic heterocycles. The largest absolute Gasteiger partial charge is 0.309 e. The molecule has 1 saturated carbocycles. The van der Waals surface area contributed by atoms with Gasteiger partial charge in [0.2, 0.25) is 0 Å². The molecule has 1 nitrogen and oxygen atoms in total. The predicted octanol–water partition coefficient (Wildman–Crippen LogP) is 4.42. The second kappa shape index (κ2) is 6.01. The Balaban J connectivity index is 1.81. The smallest absolute Gasteiger partial charge is 0.0302 e. The third-order valence-corrected chi connectivity index (χ3v) is 5.29. The van der Waals surface area contributed by atoms with Crippen LogP contribution in [0.3, 0.4) is 0 Å². The Hall–Kier alpha value is -0.340. The Labute approximate surface area is 110 Å². The molecule has 1 heterocycles. The molecule has 0 amide bonds. The van der Waals surface area contributed by atoms with E-state index in [9.17, 15) is 0 Å². The summed E-state index contributed by atoms with van der Waals surface area (Å²) in [7, 11) is 0. The van der Waals surface area contributed by atoms with Crippen molar-refractivity contribution in [2.24, 2.45) is 5.92 Å². The molecule has 0 spiro atoms. The summed E-state index contributed by atoms with van der Waals surface area (Å²) in [6, 6.07) is 3.10. The fourth-order valence-electron chi connectivity index (χ4n) is 2.83. The van der Waals surface area contributed by atoms with E-state index in [1.165, 1.54) is 47.4 Å². The Morgan fingerprint density at radius 3 is 2.82 bits per heavy atom. The van der Waals surface area contributed by atoms with Crippen molar-refractivity contribution in [1.82, 2.24) is 5.32 Å². The van der Waals surface area contributed by atoms with E-state index in [1.54, 1.807) is 0 Å². The van der Waals surface area contributed by atoms with Crippen LogP contribution in [0.25, 0.3) is 0 Å². The first-order valence-corrected chi connectivity index (χ1v) is 7.80. The van der Waals surface area contributed by atoms with Gasteiger partial charge in [0.25, 0.3) is 0 Å². The van der Waals surface area contributed by atoms with Gasteiger partial charge in [-0.2, -0.15) is 0 Å². The molecule has 0 radical (unpaired) electrons. The molecule has 2 atom stereocenters. The van der Waals surface area contributed by atoms with Gasteiger partial charge in [0.15, 0.2) is 0 Å². The lowest BCUT2D eigenvalue weighted by molar-refractivity contribution is 0.279. The summed E-state index contributed by atoms with van der Waals surface area (Å²) in [4.78, 5) is 2.97. The number of hydrogen-bond acceptors (Lipinski definition) is 2. The molecule has 2 heteroatoms. The van der Waals surface area contributed by atoms with Crippen molar-refractivity contribution in [2.75, 3.05) is 0 Å². The molecular formula is C15H25NS. The van der Waals surface area contributed by atoms with Gasteiger partial charge >= 0.3 is 0 Å². The van der Waals surface area contributed by atoms with Crippen LogP contribution in [0.15, 0.2) is 6.07 Å². The van der Waals surface area contributed by atoms with Crippen molar-refractivity contribution in [1.29, 1.82) is 0 Å². The van der Waals surface area contributed by atoms with Crippen molar-refractivity contribution in [2.45, 2.75) is 65.5 Å². The Morgan fingerprint density at radius 1 is 1.35 bits per heavy atom. The van der Waals surface area contributed by atoms with E-state index >= 15 is 0 Å². The molecule has 2 rings (SSSR count). The molecule has 96 valence electrons. The van der Waals surface area contributed by atoms with Gasteiger partial charge in [-0.05, 0) is 44.2 Å². The third-order valence-electron chi connectivity index (χ3n) is 4.14. The second-order valence-electron chi connectivity index (χ2n) is 5.47. The van der Waals surface area contributed by atoms with E-state index in [4.69, 9.17) is 0 Å². The molecule has 2 unspecified atom stereocenters. The first kappa shape index (κ1) is 13.1. The number of nitrogens with one attached hydrogen (secondary N) is 1. The summed E-state index contributed by atoms with van der Waals surface area (Å²) in [6.07, 6.45) is 6.99. The molecule has 17 heavy (non-hydrogen) atoms. The average Bonchev–Trinajstić information content (AvgIpc) is 2.67. The van der Waals surface area contributed by atoms with Gasteiger partial charge in [-0.15, -0.1) is 11.3 Å². The molecule has 1 aliphatic rings. The molecule has 1 fully saturated rings. The highest BCUT2D eigenvalue weighted by Gasteiger charge is 2.20. The highest BCUT2D eigenvalue weighted by atomic mass is 32.1. The van der Waals surface area contributed by atoms with E-state index in [0.29, 0.717) is 0 Å². The Morgan fingerprint density at radius 2 is 2.18 bits per heavy atom. The lowest BCUT2D eigenvalue weighted by Crippen LogP contribution is -2.33. The first-order chi connectivity index (χ1) is 8.19. The lowest BCUT2D eigenvalue weighted by atomic mass is 9.84. The van der Waals surface area contributed by atoms with Crippen molar-refractivity contribution in [3.05, 3.63) is 21.4 Å². The van der Waals surface area contributed by atoms with E-state index < -0.39 is 0 Å². The third kappa shape index (κ3) is 3.56. The molecule has 1 aromatic rings. The van der Waals surface area contributed by atoms with E-state index in [0.717, 1.165) is 18.5 Å². The minimum Gasteiger partial charge on any atom is -0.309 e. The van der Waals surface area contributed by atoms with Gasteiger partial charge in [-0.3, -0.25) is 0 Å². The van der Waals surface area contributed by atoms with Crippen LogP contribution >= 0.6 is 11.3 Å². The number of thiophene rings is 1. The molecule has 0 saturated heterocycles. The zero-order valence-electron chi connectivity index (χ0n) is 11.4. The predicted molar refractivity (Wildman–Crippen MR) is 76.7 cm³/mol. The lowest BCUT2D eigenvalue weighted by Gasteiger charge is -2.29. The van der Waals surface area contributed by atoms with E-state index in [-0.39, 0.29) is 0 Å². The van der Waals surface area contributed by atoms with Crippen LogP contribution in [-0.2, 0) is 6.54 Å². The van der Waals surface area contributed by atoms with E-state index in [2.05, 4.69) is 32.2 Å². The zero-order valence-corrected chi connectivity index (χ0v) is 12.2. The van der Waals surface area contributed by atoms with Crippen LogP contribution in [0.5, 0.6) is 0 Å². The summed E-state index contributed by atoms with van der Waals surface area (Å²) < 4.78 is 0. The topological polar surface area (TPSA) is 12.0 Å². The number of rotatable bonds is 4. The van der Waals surface area contributed by atoms with Crippen LogP contribution < -0.4 is 5.32 Å². The van der Waals surface area contributed by atoms with Gasteiger partial charge in [-0.1, -0.05) is 26.2 Å². The highest BCUT2D eigenvalue weighted by Crippen LogP contribution is 2.27. The molecule has 0 aliphatic heterocycles. The van der Waals surface area contributed by atoms with Gasteiger partial charge in [0, 0.05) is 22.3 Å². The Bertz CT molecular complexity index is 336. The van der Waals surface area contributed by atoms with Crippen LogP contribution in [0.4, 0.5) is 0 Å².